The van der Waals surface area contributed by atoms with E-state index in [1.165, 1.54) is 0 Å². The minimum atomic E-state index is -0.110. The van der Waals surface area contributed by atoms with Crippen molar-refractivity contribution in [2.75, 3.05) is 12.4 Å². The highest BCUT2D eigenvalue weighted by molar-refractivity contribution is 9.10. The Morgan fingerprint density at radius 1 is 0.962 bits per heavy atom. The van der Waals surface area contributed by atoms with Crippen molar-refractivity contribution in [1.29, 1.82) is 0 Å². The van der Waals surface area contributed by atoms with Gasteiger partial charge in [-0.05, 0) is 42.0 Å². The van der Waals surface area contributed by atoms with E-state index in [4.69, 9.17) is 4.74 Å². The van der Waals surface area contributed by atoms with Crippen LogP contribution in [0.15, 0.2) is 83.3 Å². The minimum Gasteiger partial charge on any atom is -0.497 e. The lowest BCUT2D eigenvalue weighted by molar-refractivity contribution is 0.0976. The van der Waals surface area contributed by atoms with Crippen molar-refractivity contribution in [3.05, 3.63) is 94.5 Å². The van der Waals surface area contributed by atoms with Crippen LogP contribution >= 0.6 is 15.9 Å². The first kappa shape index (κ1) is 18.2. The van der Waals surface area contributed by atoms with Crippen LogP contribution in [0.2, 0.25) is 0 Å². The number of rotatable bonds is 7. The molecule has 3 aromatic carbocycles. The van der Waals surface area contributed by atoms with Gasteiger partial charge in [0.1, 0.15) is 5.75 Å². The summed E-state index contributed by atoms with van der Waals surface area (Å²) in [6.45, 7) is 0. The zero-order valence-electron chi connectivity index (χ0n) is 14.5. The Bertz CT molecular complexity index is 846. The van der Waals surface area contributed by atoms with Crippen LogP contribution in [-0.4, -0.2) is 12.9 Å². The number of benzene rings is 3. The van der Waals surface area contributed by atoms with Gasteiger partial charge in [0.05, 0.1) is 13.2 Å². The molecule has 0 aliphatic carbocycles. The smallest absolute Gasteiger partial charge is 0.165 e. The summed E-state index contributed by atoms with van der Waals surface area (Å²) in [7, 11) is 1.64. The van der Waals surface area contributed by atoms with Gasteiger partial charge in [0.2, 0.25) is 0 Å². The molecule has 0 aliphatic heterocycles. The van der Waals surface area contributed by atoms with Crippen molar-refractivity contribution in [3.63, 3.8) is 0 Å². The van der Waals surface area contributed by atoms with Crippen molar-refractivity contribution >= 4 is 27.4 Å². The van der Waals surface area contributed by atoms with Crippen LogP contribution in [0.25, 0.3) is 0 Å². The predicted molar refractivity (Wildman–Crippen MR) is 109 cm³/mol. The number of hydrogen-bond donors (Lipinski definition) is 1. The molecule has 26 heavy (non-hydrogen) atoms. The van der Waals surface area contributed by atoms with Crippen molar-refractivity contribution < 1.29 is 9.53 Å². The summed E-state index contributed by atoms with van der Waals surface area (Å²) in [4.78, 5) is 12.8. The predicted octanol–water partition coefficient (Wildman–Crippen LogP) is 5.88. The molecule has 1 N–H and O–H groups in total. The second-order valence-electron chi connectivity index (χ2n) is 5.97. The van der Waals surface area contributed by atoms with E-state index >= 15 is 0 Å². The molecule has 0 bridgehead atoms. The summed E-state index contributed by atoms with van der Waals surface area (Å²) in [6, 6.07) is 25.1. The molecule has 132 valence electrons. The van der Waals surface area contributed by atoms with Gasteiger partial charge >= 0.3 is 0 Å². The number of anilines is 1. The maximum atomic E-state index is 12.8. The molecule has 3 rings (SSSR count). The molecule has 0 fully saturated rings. The van der Waals surface area contributed by atoms with E-state index in [9.17, 15) is 4.79 Å². The first-order valence-electron chi connectivity index (χ1n) is 8.40. The molecule has 0 aromatic heterocycles. The van der Waals surface area contributed by atoms with Gasteiger partial charge in [-0.2, -0.15) is 0 Å². The zero-order valence-corrected chi connectivity index (χ0v) is 16.1. The second-order valence-corrected chi connectivity index (χ2v) is 6.89. The number of carbonyl (C=O) groups excluding carboxylic acids is 1. The van der Waals surface area contributed by atoms with Crippen molar-refractivity contribution in [2.45, 2.75) is 12.5 Å². The highest BCUT2D eigenvalue weighted by Gasteiger charge is 2.17. The SMILES string of the molecule is COc1ccc(N[C@@H](CC(=O)c2ccc(Br)cc2)c2ccccc2)cc1. The van der Waals surface area contributed by atoms with E-state index in [0.717, 1.165) is 21.5 Å². The summed E-state index contributed by atoms with van der Waals surface area (Å²) in [5.74, 6) is 0.908. The molecular weight excluding hydrogens is 390 g/mol. The number of methoxy groups -OCH3 is 1. The fraction of sp³-hybridized carbons (Fsp3) is 0.136. The van der Waals surface area contributed by atoms with Crippen LogP contribution < -0.4 is 10.1 Å². The Morgan fingerprint density at radius 3 is 2.23 bits per heavy atom. The zero-order chi connectivity index (χ0) is 18.4. The Kier molecular flexibility index (Phi) is 6.08. The molecule has 0 amide bonds. The molecule has 0 saturated carbocycles. The Hall–Kier alpha value is -2.59. The average molecular weight is 410 g/mol. The van der Waals surface area contributed by atoms with Gasteiger partial charge in [-0.15, -0.1) is 0 Å². The molecule has 0 radical (unpaired) electrons. The van der Waals surface area contributed by atoms with E-state index in [2.05, 4.69) is 21.2 Å². The van der Waals surface area contributed by atoms with E-state index in [0.29, 0.717) is 12.0 Å². The third kappa shape index (κ3) is 4.73. The lowest BCUT2D eigenvalue weighted by Crippen LogP contribution is -2.15. The lowest BCUT2D eigenvalue weighted by Gasteiger charge is -2.20. The van der Waals surface area contributed by atoms with Crippen molar-refractivity contribution in [1.82, 2.24) is 0 Å². The standard InChI is InChI=1S/C22H20BrNO2/c1-26-20-13-11-19(12-14-20)24-21(16-5-3-2-4-6-16)15-22(25)17-7-9-18(23)10-8-17/h2-14,21,24H,15H2,1H3/t21-/m0/s1. The average Bonchev–Trinajstić information content (AvgIpc) is 2.69. The molecule has 0 aliphatic rings. The van der Waals surface area contributed by atoms with E-state index < -0.39 is 0 Å². The van der Waals surface area contributed by atoms with Crippen molar-refractivity contribution in [3.8, 4) is 5.75 Å². The number of halogens is 1. The molecule has 0 heterocycles. The molecule has 0 unspecified atom stereocenters. The maximum absolute atomic E-state index is 12.8. The number of ether oxygens (including phenoxy) is 1. The van der Waals surface area contributed by atoms with E-state index in [-0.39, 0.29) is 11.8 Å². The lowest BCUT2D eigenvalue weighted by atomic mass is 9.97. The Balaban J connectivity index is 1.81. The van der Waals surface area contributed by atoms with Crippen LogP contribution in [0.5, 0.6) is 5.75 Å². The maximum Gasteiger partial charge on any atom is 0.165 e. The van der Waals surface area contributed by atoms with Gasteiger partial charge < -0.3 is 10.1 Å². The Morgan fingerprint density at radius 2 is 1.62 bits per heavy atom. The summed E-state index contributed by atoms with van der Waals surface area (Å²) in [5, 5.41) is 3.47. The highest BCUT2D eigenvalue weighted by Crippen LogP contribution is 2.26. The van der Waals surface area contributed by atoms with Gasteiger partial charge in [0, 0.05) is 22.1 Å². The highest BCUT2D eigenvalue weighted by atomic mass is 79.9. The van der Waals surface area contributed by atoms with Gasteiger partial charge in [-0.1, -0.05) is 58.4 Å². The molecule has 3 nitrogen and oxygen atoms in total. The van der Waals surface area contributed by atoms with Crippen molar-refractivity contribution in [2.24, 2.45) is 0 Å². The summed E-state index contributed by atoms with van der Waals surface area (Å²) in [5.41, 5.74) is 2.74. The van der Waals surface area contributed by atoms with Gasteiger partial charge in [0.15, 0.2) is 5.78 Å². The molecule has 0 saturated heterocycles. The summed E-state index contributed by atoms with van der Waals surface area (Å²) >= 11 is 3.40. The topological polar surface area (TPSA) is 38.3 Å². The van der Waals surface area contributed by atoms with Crippen LogP contribution in [0, 0.1) is 0 Å². The first-order chi connectivity index (χ1) is 12.7. The summed E-state index contributed by atoms with van der Waals surface area (Å²) in [6.07, 6.45) is 0.373. The van der Waals surface area contributed by atoms with Crippen LogP contribution in [0.3, 0.4) is 0 Å². The van der Waals surface area contributed by atoms with Crippen LogP contribution in [0.4, 0.5) is 5.69 Å². The quantitative estimate of drug-likeness (QED) is 0.494. The molecule has 1 atom stereocenters. The largest absolute Gasteiger partial charge is 0.497 e. The van der Waals surface area contributed by atoms with Gasteiger partial charge in [-0.25, -0.2) is 0 Å². The number of ketones is 1. The summed E-state index contributed by atoms with van der Waals surface area (Å²) < 4.78 is 6.17. The fourth-order valence-corrected chi connectivity index (χ4v) is 3.03. The minimum absolute atomic E-state index is 0.104. The van der Waals surface area contributed by atoms with Gasteiger partial charge in [-0.3, -0.25) is 4.79 Å². The number of hydrogen-bond acceptors (Lipinski definition) is 3. The van der Waals surface area contributed by atoms with Gasteiger partial charge in [0.25, 0.3) is 0 Å². The third-order valence-electron chi connectivity index (χ3n) is 4.19. The number of carbonyl (C=O) groups is 1. The molecular formula is C22H20BrNO2. The number of Topliss-reactive ketones (excluding diaryl/α,β-unsaturated/α-hetero) is 1. The molecule has 0 spiro atoms. The fourth-order valence-electron chi connectivity index (χ4n) is 2.77. The molecule has 3 aromatic rings. The Labute approximate surface area is 162 Å². The monoisotopic (exact) mass is 409 g/mol. The van der Waals surface area contributed by atoms with Crippen LogP contribution in [-0.2, 0) is 0 Å². The first-order valence-corrected chi connectivity index (χ1v) is 9.19. The second kappa shape index (κ2) is 8.68. The number of nitrogens with one attached hydrogen (secondary N) is 1. The van der Waals surface area contributed by atoms with E-state index in [1.54, 1.807) is 7.11 Å². The normalized spacial score (nSPS) is 11.6. The van der Waals surface area contributed by atoms with E-state index in [1.807, 2.05) is 78.9 Å². The third-order valence-corrected chi connectivity index (χ3v) is 4.72. The van der Waals surface area contributed by atoms with Crippen LogP contribution in [0.1, 0.15) is 28.4 Å². The molecule has 4 heteroatoms.